The number of nitrogens with zero attached hydrogens (tertiary/aromatic N) is 8. The van der Waals surface area contributed by atoms with Crippen LogP contribution in [0.15, 0.2) is 42.9 Å². The number of carbonyl (C=O) groups excluding carboxylic acids is 1. The normalized spacial score (nSPS) is 14.4. The highest BCUT2D eigenvalue weighted by Crippen LogP contribution is 2.19. The number of anilines is 1. The Balaban J connectivity index is 1.33. The number of piperazine rings is 1. The van der Waals surface area contributed by atoms with E-state index in [1.807, 2.05) is 71.3 Å². The molecule has 0 unspecified atom stereocenters. The molecule has 0 radical (unpaired) electrons. The van der Waals surface area contributed by atoms with Crippen molar-refractivity contribution in [1.29, 1.82) is 0 Å². The summed E-state index contributed by atoms with van der Waals surface area (Å²) in [6, 6.07) is 9.73. The summed E-state index contributed by atoms with van der Waals surface area (Å²) in [5.41, 5.74) is 4.16. The van der Waals surface area contributed by atoms with Crippen molar-refractivity contribution < 1.29 is 4.79 Å². The summed E-state index contributed by atoms with van der Waals surface area (Å²) in [7, 11) is 0. The fourth-order valence-electron chi connectivity index (χ4n) is 4.15. The molecule has 0 N–H and O–H groups in total. The van der Waals surface area contributed by atoms with Crippen molar-refractivity contribution in [1.82, 2.24) is 34.0 Å². The smallest absolute Gasteiger partial charge is 0.272 e. The molecule has 9 nitrogen and oxygen atoms in total. The first-order valence-electron chi connectivity index (χ1n) is 10.3. The van der Waals surface area contributed by atoms with Gasteiger partial charge in [-0.25, -0.2) is 19.6 Å². The molecule has 9 heteroatoms. The molecule has 0 aromatic carbocycles. The van der Waals surface area contributed by atoms with Crippen molar-refractivity contribution in [2.45, 2.75) is 20.8 Å². The third-order valence-corrected chi connectivity index (χ3v) is 5.66. The van der Waals surface area contributed by atoms with Gasteiger partial charge in [0, 0.05) is 44.1 Å². The number of aromatic nitrogens is 6. The molecule has 0 saturated carbocycles. The predicted octanol–water partition coefficient (Wildman–Crippen LogP) is 2.20. The van der Waals surface area contributed by atoms with Crippen molar-refractivity contribution in [3.63, 3.8) is 0 Å². The number of imidazole rings is 1. The monoisotopic (exact) mass is 416 g/mol. The maximum absolute atomic E-state index is 13.2. The highest BCUT2D eigenvalue weighted by Gasteiger charge is 2.26. The molecule has 0 spiro atoms. The number of aryl methyl sites for hydroxylation is 3. The molecule has 0 bridgehead atoms. The Morgan fingerprint density at radius 3 is 2.48 bits per heavy atom. The van der Waals surface area contributed by atoms with E-state index in [4.69, 9.17) is 0 Å². The van der Waals surface area contributed by atoms with E-state index in [0.29, 0.717) is 31.9 Å². The highest BCUT2D eigenvalue weighted by atomic mass is 16.2. The largest absolute Gasteiger partial charge is 0.353 e. The van der Waals surface area contributed by atoms with Crippen LogP contribution in [0.4, 0.5) is 5.82 Å². The van der Waals surface area contributed by atoms with E-state index in [0.717, 1.165) is 34.4 Å². The maximum atomic E-state index is 13.2. The minimum absolute atomic E-state index is 0.0156. The molecule has 158 valence electrons. The molecule has 5 heterocycles. The summed E-state index contributed by atoms with van der Waals surface area (Å²) >= 11 is 0. The van der Waals surface area contributed by atoms with E-state index < -0.39 is 0 Å². The molecule has 4 aromatic heterocycles. The van der Waals surface area contributed by atoms with E-state index in [1.54, 1.807) is 6.33 Å². The summed E-state index contributed by atoms with van der Waals surface area (Å²) in [5.74, 6) is 1.60. The van der Waals surface area contributed by atoms with E-state index in [9.17, 15) is 4.79 Å². The van der Waals surface area contributed by atoms with Crippen molar-refractivity contribution >= 4 is 17.4 Å². The number of pyridine rings is 1. The molecule has 1 saturated heterocycles. The molecule has 5 rings (SSSR count). The van der Waals surface area contributed by atoms with Crippen LogP contribution < -0.4 is 4.90 Å². The number of hydrogen-bond acceptors (Lipinski definition) is 6. The van der Waals surface area contributed by atoms with E-state index in [2.05, 4.69) is 25.0 Å². The van der Waals surface area contributed by atoms with Gasteiger partial charge >= 0.3 is 0 Å². The average Bonchev–Trinajstić information content (AvgIpc) is 3.30. The number of hydrogen-bond donors (Lipinski definition) is 0. The van der Waals surface area contributed by atoms with Gasteiger partial charge in [-0.1, -0.05) is 6.07 Å². The Kier molecular flexibility index (Phi) is 4.65. The lowest BCUT2D eigenvalue weighted by molar-refractivity contribution is 0.0738. The minimum Gasteiger partial charge on any atom is -0.353 e. The van der Waals surface area contributed by atoms with Gasteiger partial charge in [-0.2, -0.15) is 5.10 Å². The van der Waals surface area contributed by atoms with Gasteiger partial charge in [0.25, 0.3) is 5.91 Å². The topological polar surface area (TPSA) is 84.5 Å². The van der Waals surface area contributed by atoms with Crippen LogP contribution in [0.25, 0.3) is 11.5 Å². The first-order chi connectivity index (χ1) is 15.0. The van der Waals surface area contributed by atoms with Crippen molar-refractivity contribution in [3.05, 3.63) is 65.6 Å². The molecular weight excluding hydrogens is 392 g/mol. The van der Waals surface area contributed by atoms with Crippen LogP contribution in [-0.4, -0.2) is 66.1 Å². The van der Waals surface area contributed by atoms with E-state index in [-0.39, 0.29) is 5.91 Å². The van der Waals surface area contributed by atoms with Gasteiger partial charge in [0.2, 0.25) is 0 Å². The Morgan fingerprint density at radius 1 is 0.968 bits per heavy atom. The second kappa shape index (κ2) is 7.50. The summed E-state index contributed by atoms with van der Waals surface area (Å²) < 4.78 is 3.70. The van der Waals surface area contributed by atoms with Gasteiger partial charge < -0.3 is 9.80 Å². The summed E-state index contributed by atoms with van der Waals surface area (Å²) in [5, 5.41) is 4.51. The van der Waals surface area contributed by atoms with Crippen molar-refractivity contribution in [3.8, 4) is 5.82 Å². The maximum Gasteiger partial charge on any atom is 0.272 e. The van der Waals surface area contributed by atoms with Crippen LogP contribution in [0.1, 0.15) is 27.6 Å². The molecule has 4 aromatic rings. The van der Waals surface area contributed by atoms with Crippen LogP contribution in [-0.2, 0) is 0 Å². The Hall–Kier alpha value is -3.75. The summed E-state index contributed by atoms with van der Waals surface area (Å²) in [4.78, 5) is 30.7. The molecule has 0 atom stereocenters. The second-order valence-corrected chi connectivity index (χ2v) is 7.83. The fourth-order valence-corrected chi connectivity index (χ4v) is 4.15. The molecule has 0 aliphatic carbocycles. The van der Waals surface area contributed by atoms with Crippen molar-refractivity contribution in [2.24, 2.45) is 0 Å². The van der Waals surface area contributed by atoms with E-state index >= 15 is 0 Å². The second-order valence-electron chi connectivity index (χ2n) is 7.83. The molecule has 31 heavy (non-hydrogen) atoms. The van der Waals surface area contributed by atoms with Crippen LogP contribution in [0.5, 0.6) is 0 Å². The van der Waals surface area contributed by atoms with Gasteiger partial charge in [0.05, 0.1) is 11.4 Å². The first-order valence-corrected chi connectivity index (χ1v) is 10.3. The number of amides is 1. The van der Waals surface area contributed by atoms with Gasteiger partial charge in [-0.05, 0) is 39.0 Å². The van der Waals surface area contributed by atoms with Gasteiger partial charge in [0.1, 0.15) is 23.5 Å². The van der Waals surface area contributed by atoms with E-state index in [1.165, 1.54) is 0 Å². The lowest BCUT2D eigenvalue weighted by Gasteiger charge is -2.35. The molecule has 1 aliphatic rings. The Bertz CT molecular complexity index is 1270. The zero-order valence-corrected chi connectivity index (χ0v) is 17.9. The van der Waals surface area contributed by atoms with Gasteiger partial charge in [0.15, 0.2) is 5.82 Å². The molecular formula is C22H24N8O. The van der Waals surface area contributed by atoms with Crippen LogP contribution >= 0.6 is 0 Å². The van der Waals surface area contributed by atoms with Crippen molar-refractivity contribution in [2.75, 3.05) is 31.1 Å². The molecule has 1 aliphatic heterocycles. The van der Waals surface area contributed by atoms with Crippen LogP contribution in [0.3, 0.4) is 0 Å². The highest BCUT2D eigenvalue weighted by molar-refractivity contribution is 5.94. The quantitative estimate of drug-likeness (QED) is 0.509. The third-order valence-electron chi connectivity index (χ3n) is 5.66. The minimum atomic E-state index is 0.0156. The Labute approximate surface area is 180 Å². The SMILES string of the molecule is Cc1cc(C)n(-c2cc(N3CCN(C(=O)c4c(C)nc5ccccn45)CC3)ncn2)n1. The summed E-state index contributed by atoms with van der Waals surface area (Å²) in [6.45, 7) is 8.51. The van der Waals surface area contributed by atoms with Gasteiger partial charge in [-0.3, -0.25) is 9.20 Å². The van der Waals surface area contributed by atoms with Gasteiger partial charge in [-0.15, -0.1) is 0 Å². The molecule has 1 amide bonds. The fraction of sp³-hybridized carbons (Fsp3) is 0.318. The zero-order chi connectivity index (χ0) is 21.5. The third kappa shape index (κ3) is 3.41. The lowest BCUT2D eigenvalue weighted by Crippen LogP contribution is -2.49. The first kappa shape index (κ1) is 19.2. The number of fused-ring (bicyclic) bond motifs is 1. The standard InChI is InChI=1S/C22H24N8O/c1-15-12-16(2)30(26-15)20-13-19(23-14-24-20)27-8-10-28(11-9-27)22(31)21-17(3)25-18-6-4-5-7-29(18)21/h4-7,12-14H,8-11H2,1-3H3. The molecule has 1 fully saturated rings. The zero-order valence-electron chi connectivity index (χ0n) is 17.9. The predicted molar refractivity (Wildman–Crippen MR) is 117 cm³/mol. The average molecular weight is 416 g/mol. The van der Waals surface area contributed by atoms with Crippen LogP contribution in [0, 0.1) is 20.8 Å². The number of rotatable bonds is 3. The number of carbonyl (C=O) groups is 1. The Morgan fingerprint density at radius 2 is 1.74 bits per heavy atom. The lowest BCUT2D eigenvalue weighted by atomic mass is 10.2. The van der Waals surface area contributed by atoms with Crippen LogP contribution in [0.2, 0.25) is 0 Å². The summed E-state index contributed by atoms with van der Waals surface area (Å²) in [6.07, 6.45) is 3.46.